The van der Waals surface area contributed by atoms with Gasteiger partial charge >= 0.3 is 79.5 Å². The van der Waals surface area contributed by atoms with Crippen molar-refractivity contribution >= 4 is 29.1 Å². The Morgan fingerprint density at radius 3 is 0.333 bits per heavy atom. The Morgan fingerprint density at radius 1 is 0.333 bits per heavy atom. The van der Waals surface area contributed by atoms with Gasteiger partial charge < -0.3 is 0 Å². The summed E-state index contributed by atoms with van der Waals surface area (Å²) in [5.41, 5.74) is 0. The molecule has 0 spiro atoms. The van der Waals surface area contributed by atoms with Crippen molar-refractivity contribution in [3.63, 3.8) is 0 Å². The first-order valence-corrected chi connectivity index (χ1v) is 6.09. The van der Waals surface area contributed by atoms with Crippen LogP contribution >= 0.6 is 15.6 Å². The van der Waals surface area contributed by atoms with Crippen molar-refractivity contribution in [1.82, 2.24) is 0 Å². The van der Waals surface area contributed by atoms with E-state index in [1.54, 1.807) is 0 Å². The maximum Gasteiger partial charge on any atom is 2.00 e. The Bertz CT molecular complexity index is 161. The molecular weight excluding hydrogens is 322 g/mol. The zero-order valence-corrected chi connectivity index (χ0v) is 8.44. The van der Waals surface area contributed by atoms with Crippen molar-refractivity contribution in [1.29, 1.82) is 0 Å². The van der Waals surface area contributed by atoms with Crippen LogP contribution in [0.2, 0.25) is 0 Å². The minimum absolute atomic E-state index is 0. The van der Waals surface area contributed by atoms with Gasteiger partial charge in [0.25, 0.3) is 0 Å². The molecule has 0 fully saturated rings. The summed E-state index contributed by atoms with van der Waals surface area (Å²) in [6.07, 6.45) is 0. The van der Waals surface area contributed by atoms with Crippen LogP contribution in [0.5, 0.6) is 0 Å². The van der Waals surface area contributed by atoms with Gasteiger partial charge in [-0.05, 0) is 0 Å². The molecule has 0 unspecified atom stereocenters. The molecule has 0 aliphatic rings. The SMILES string of the molecule is F[P-](F)(F)(F)(F)F.F[P-](F)(F)(F)(F)F.[S+2]. The largest absolute Gasteiger partial charge is 2.00 e. The Kier molecular flexibility index (Phi) is 3.85. The normalized spacial score (nSPS) is 21.6. The third-order valence-electron chi connectivity index (χ3n) is 0. The fourth-order valence-electron chi connectivity index (χ4n) is 0. The van der Waals surface area contributed by atoms with Gasteiger partial charge in [0.05, 0.1) is 0 Å². The maximum absolute atomic E-state index is 10.7. The molecule has 0 nitrogen and oxygen atoms in total. The van der Waals surface area contributed by atoms with Crippen LogP contribution in [0.3, 0.4) is 0 Å². The van der Waals surface area contributed by atoms with Crippen LogP contribution in [-0.4, -0.2) is 0 Å². The number of hydrogen-bond acceptors (Lipinski definition) is 0. The summed E-state index contributed by atoms with van der Waals surface area (Å²) in [5, 5.41) is 0. The summed E-state index contributed by atoms with van der Waals surface area (Å²) in [6.45, 7) is 0. The summed E-state index contributed by atoms with van der Waals surface area (Å²) in [7, 11) is -21.3. The third-order valence-corrected chi connectivity index (χ3v) is 0. The summed E-state index contributed by atoms with van der Waals surface area (Å²) in [4.78, 5) is 0. The second-order valence-corrected chi connectivity index (χ2v) is 5.75. The third kappa shape index (κ3) is 16100. The Morgan fingerprint density at radius 2 is 0.333 bits per heavy atom. The molecule has 0 heterocycles. The van der Waals surface area contributed by atoms with E-state index >= 15 is 0 Å². The van der Waals surface area contributed by atoms with Gasteiger partial charge in [-0.2, -0.15) is 0 Å². The first-order valence-electron chi connectivity index (χ1n) is 2.03. The quantitative estimate of drug-likeness (QED) is 0.341. The monoisotopic (exact) mass is 322 g/mol. The van der Waals surface area contributed by atoms with Crippen LogP contribution in [0, 0.1) is 0 Å². The van der Waals surface area contributed by atoms with E-state index in [0.29, 0.717) is 0 Å². The van der Waals surface area contributed by atoms with Crippen molar-refractivity contribution < 1.29 is 50.4 Å². The van der Waals surface area contributed by atoms with Gasteiger partial charge in [0.15, 0.2) is 0 Å². The zero-order valence-electron chi connectivity index (χ0n) is 5.84. The Balaban J connectivity index is -0.000000180. The molecule has 0 N–H and O–H groups in total. The fraction of sp³-hybridized carbons (Fsp3) is 0. The molecule has 0 bridgehead atoms. The van der Waals surface area contributed by atoms with E-state index in [2.05, 4.69) is 0 Å². The second kappa shape index (κ2) is 2.79. The van der Waals surface area contributed by atoms with E-state index in [9.17, 15) is 50.4 Å². The van der Waals surface area contributed by atoms with Crippen molar-refractivity contribution in [2.45, 2.75) is 0 Å². The van der Waals surface area contributed by atoms with E-state index in [1.807, 2.05) is 0 Å². The number of hydrogen-bond donors (Lipinski definition) is 0. The van der Waals surface area contributed by atoms with E-state index in [1.165, 1.54) is 0 Å². The molecule has 0 aliphatic carbocycles. The van der Waals surface area contributed by atoms with Crippen LogP contribution < -0.4 is 0 Å². The van der Waals surface area contributed by atoms with Crippen molar-refractivity contribution in [2.24, 2.45) is 0 Å². The molecule has 4 radical (unpaired) electrons. The van der Waals surface area contributed by atoms with Crippen molar-refractivity contribution in [3.8, 4) is 0 Å². The fourth-order valence-corrected chi connectivity index (χ4v) is 0. The summed E-state index contributed by atoms with van der Waals surface area (Å²) >= 11 is 0. The van der Waals surface area contributed by atoms with Gasteiger partial charge in [-0.3, -0.25) is 0 Å². The molecule has 0 rings (SSSR count). The Labute approximate surface area is 80.5 Å². The van der Waals surface area contributed by atoms with Crippen LogP contribution in [0.4, 0.5) is 50.4 Å². The summed E-state index contributed by atoms with van der Waals surface area (Å²) < 4.78 is 118. The molecular formula is F12P2S. The van der Waals surface area contributed by atoms with Gasteiger partial charge in [-0.15, -0.1) is 0 Å². The molecule has 0 saturated heterocycles. The first-order chi connectivity index (χ1) is 4.90. The van der Waals surface area contributed by atoms with E-state index in [4.69, 9.17) is 0 Å². The van der Waals surface area contributed by atoms with Gasteiger partial charge in [0.1, 0.15) is 0 Å². The van der Waals surface area contributed by atoms with Gasteiger partial charge in [0.2, 0.25) is 0 Å². The zero-order chi connectivity index (χ0) is 12.8. The molecule has 0 saturated carbocycles. The smallest absolute Gasteiger partial charge is 2.00 e. The van der Waals surface area contributed by atoms with Crippen LogP contribution in [-0.2, 0) is 13.5 Å². The molecule has 0 atom stereocenters. The average molecular weight is 322 g/mol. The van der Waals surface area contributed by atoms with Crippen LogP contribution in [0.15, 0.2) is 0 Å². The van der Waals surface area contributed by atoms with E-state index < -0.39 is 15.6 Å². The molecule has 15 heavy (non-hydrogen) atoms. The molecule has 0 amide bonds. The van der Waals surface area contributed by atoms with E-state index in [-0.39, 0.29) is 13.5 Å². The summed E-state index contributed by atoms with van der Waals surface area (Å²) in [6, 6.07) is 0. The molecule has 0 aromatic carbocycles. The van der Waals surface area contributed by atoms with E-state index in [0.717, 1.165) is 0 Å². The van der Waals surface area contributed by atoms with Crippen molar-refractivity contribution in [3.05, 3.63) is 0 Å². The maximum atomic E-state index is 9.87. The predicted octanol–water partition coefficient (Wildman–Crippen LogP) is 6.76. The summed E-state index contributed by atoms with van der Waals surface area (Å²) in [5.74, 6) is 0. The van der Waals surface area contributed by atoms with Crippen LogP contribution in [0.25, 0.3) is 0 Å². The van der Waals surface area contributed by atoms with Gasteiger partial charge in [0, 0.05) is 0 Å². The Hall–Kier alpha value is 0.370. The average Bonchev–Trinajstić information content (AvgIpc) is 0.938. The number of halogens is 12. The molecule has 0 aromatic heterocycles. The van der Waals surface area contributed by atoms with Gasteiger partial charge in [-0.1, -0.05) is 0 Å². The topological polar surface area (TPSA) is 0 Å². The first kappa shape index (κ1) is 20.7. The standard InChI is InChI=1S/2F6P.S/c2*1-7(2,3,4,5)6;/q2*-1;+2. The van der Waals surface area contributed by atoms with Crippen molar-refractivity contribution in [2.75, 3.05) is 0 Å². The minimum atomic E-state index is -10.7. The van der Waals surface area contributed by atoms with Crippen LogP contribution in [0.1, 0.15) is 0 Å². The molecule has 0 aliphatic heterocycles. The molecule has 0 aromatic rings. The molecule has 15 heteroatoms. The second-order valence-electron chi connectivity index (χ2n) is 1.92. The minimum Gasteiger partial charge on any atom is 2.00 e. The van der Waals surface area contributed by atoms with Gasteiger partial charge in [-0.25, -0.2) is 0 Å². The molecule has 100 valence electrons. The predicted molar refractivity (Wildman–Crippen MR) is 34.5 cm³/mol. The number of rotatable bonds is 0.